The van der Waals surface area contributed by atoms with Crippen LogP contribution < -0.4 is 4.74 Å². The van der Waals surface area contributed by atoms with Gasteiger partial charge in [-0.25, -0.2) is 0 Å². The van der Waals surface area contributed by atoms with Crippen molar-refractivity contribution in [2.45, 2.75) is 51.4 Å². The highest BCUT2D eigenvalue weighted by Crippen LogP contribution is 2.37. The molecule has 4 heterocycles. The number of fused-ring (bicyclic) bond motifs is 4. The molecule has 4 aliphatic heterocycles. The highest BCUT2D eigenvalue weighted by atomic mass is 35.5. The summed E-state index contributed by atoms with van der Waals surface area (Å²) in [4.78, 5) is 2.55. The molecule has 3 fully saturated rings. The van der Waals surface area contributed by atoms with Crippen LogP contribution in [0.4, 0.5) is 0 Å². The van der Waals surface area contributed by atoms with Gasteiger partial charge in [0.25, 0.3) is 0 Å². The van der Waals surface area contributed by atoms with Crippen LogP contribution in [0.15, 0.2) is 42.5 Å². The van der Waals surface area contributed by atoms with E-state index in [1.54, 1.807) is 0 Å². The zero-order valence-electron chi connectivity index (χ0n) is 16.8. The third-order valence-corrected chi connectivity index (χ3v) is 6.41. The van der Waals surface area contributed by atoms with Gasteiger partial charge in [0.05, 0.1) is 12.7 Å². The minimum Gasteiger partial charge on any atom is -0.487 e. The summed E-state index contributed by atoms with van der Waals surface area (Å²) in [5, 5.41) is 0. The topological polar surface area (TPSA) is 21.7 Å². The Bertz CT molecular complexity index is 825. The normalized spacial score (nSPS) is 27.0. The smallest absolute Gasteiger partial charge is 0.123 e. The molecule has 0 amide bonds. The van der Waals surface area contributed by atoms with E-state index in [0.29, 0.717) is 6.10 Å². The molecule has 150 valence electrons. The van der Waals surface area contributed by atoms with Crippen LogP contribution in [0, 0.1) is 5.92 Å². The van der Waals surface area contributed by atoms with E-state index in [1.165, 1.54) is 48.2 Å². The van der Waals surface area contributed by atoms with Gasteiger partial charge in [0, 0.05) is 13.0 Å². The van der Waals surface area contributed by atoms with E-state index < -0.39 is 0 Å². The Morgan fingerprint density at radius 1 is 1.04 bits per heavy atom. The summed E-state index contributed by atoms with van der Waals surface area (Å²) >= 11 is 0. The average molecular weight is 400 g/mol. The molecule has 6 rings (SSSR count). The van der Waals surface area contributed by atoms with Gasteiger partial charge in [-0.05, 0) is 80.1 Å². The zero-order chi connectivity index (χ0) is 18.4. The van der Waals surface area contributed by atoms with Crippen LogP contribution in [-0.2, 0) is 17.8 Å². The fourth-order valence-electron chi connectivity index (χ4n) is 4.89. The number of hydrogen-bond acceptors (Lipinski definition) is 3. The Hall–Kier alpha value is -1.55. The first-order chi connectivity index (χ1) is 13.1. The molecule has 1 unspecified atom stereocenters. The van der Waals surface area contributed by atoms with E-state index >= 15 is 0 Å². The summed E-state index contributed by atoms with van der Waals surface area (Å²) in [7, 11) is 0. The second-order valence-corrected chi connectivity index (χ2v) is 9.05. The van der Waals surface area contributed by atoms with Crippen LogP contribution in [0.1, 0.15) is 37.8 Å². The quantitative estimate of drug-likeness (QED) is 0.713. The molecular weight excluding hydrogens is 370 g/mol. The van der Waals surface area contributed by atoms with Crippen LogP contribution >= 0.6 is 12.4 Å². The summed E-state index contributed by atoms with van der Waals surface area (Å²) < 4.78 is 12.3. The monoisotopic (exact) mass is 399 g/mol. The molecule has 0 spiro atoms. The van der Waals surface area contributed by atoms with Crippen LogP contribution in [0.3, 0.4) is 0 Å². The lowest BCUT2D eigenvalue weighted by molar-refractivity contribution is -0.0765. The van der Waals surface area contributed by atoms with Gasteiger partial charge in [0.15, 0.2) is 0 Å². The number of benzene rings is 2. The van der Waals surface area contributed by atoms with Crippen molar-refractivity contribution in [1.29, 1.82) is 0 Å². The van der Waals surface area contributed by atoms with E-state index in [9.17, 15) is 0 Å². The Kier molecular flexibility index (Phi) is 5.43. The van der Waals surface area contributed by atoms with Crippen molar-refractivity contribution in [2.24, 2.45) is 5.92 Å². The van der Waals surface area contributed by atoms with Crippen molar-refractivity contribution >= 4 is 12.4 Å². The van der Waals surface area contributed by atoms with Gasteiger partial charge in [0.2, 0.25) is 0 Å². The molecule has 4 heteroatoms. The Morgan fingerprint density at radius 3 is 2.43 bits per heavy atom. The summed E-state index contributed by atoms with van der Waals surface area (Å²) in [6, 6.07) is 15.4. The van der Waals surface area contributed by atoms with E-state index in [0.717, 1.165) is 31.2 Å². The van der Waals surface area contributed by atoms with Crippen LogP contribution in [0.2, 0.25) is 0 Å². The highest BCUT2D eigenvalue weighted by Gasteiger charge is 2.34. The molecule has 0 N–H and O–H groups in total. The third-order valence-electron chi connectivity index (χ3n) is 6.41. The standard InChI is InChI=1S/C24H29NO2.ClH/c1-24(2)14-21-13-20(7-8-22(21)27-24)18-5-3-17(4-6-18)16-26-23-15-25-11-9-19(23)10-12-25;/h3-8,13,19,23H,9-12,14-16H2,1-2H3;1H. The number of nitrogens with zero attached hydrogens (tertiary/aromatic N) is 1. The lowest BCUT2D eigenvalue weighted by Gasteiger charge is -2.44. The number of hydrogen-bond donors (Lipinski definition) is 0. The lowest BCUT2D eigenvalue weighted by atomic mass is 9.86. The number of rotatable bonds is 4. The Labute approximate surface area is 174 Å². The van der Waals surface area contributed by atoms with E-state index in [4.69, 9.17) is 9.47 Å². The fourth-order valence-corrected chi connectivity index (χ4v) is 4.89. The highest BCUT2D eigenvalue weighted by molar-refractivity contribution is 5.85. The van der Waals surface area contributed by atoms with E-state index in [-0.39, 0.29) is 18.0 Å². The first-order valence-corrected chi connectivity index (χ1v) is 10.3. The van der Waals surface area contributed by atoms with E-state index in [1.807, 2.05) is 0 Å². The van der Waals surface area contributed by atoms with Gasteiger partial charge in [0.1, 0.15) is 11.4 Å². The molecule has 28 heavy (non-hydrogen) atoms. The van der Waals surface area contributed by atoms with Gasteiger partial charge < -0.3 is 14.4 Å². The fraction of sp³-hybridized carbons (Fsp3) is 0.500. The van der Waals surface area contributed by atoms with Crippen molar-refractivity contribution in [1.82, 2.24) is 4.90 Å². The largest absolute Gasteiger partial charge is 0.487 e. The predicted molar refractivity (Wildman–Crippen MR) is 115 cm³/mol. The van der Waals surface area contributed by atoms with Gasteiger partial charge in [-0.1, -0.05) is 30.3 Å². The van der Waals surface area contributed by atoms with Crippen molar-refractivity contribution < 1.29 is 9.47 Å². The van der Waals surface area contributed by atoms with Crippen LogP contribution in [0.25, 0.3) is 11.1 Å². The molecule has 0 aromatic heterocycles. The molecule has 0 saturated carbocycles. The maximum atomic E-state index is 6.27. The summed E-state index contributed by atoms with van der Waals surface area (Å²) in [5.41, 5.74) is 5.01. The number of ether oxygens (including phenoxy) is 2. The van der Waals surface area contributed by atoms with E-state index in [2.05, 4.69) is 61.2 Å². The SMILES string of the molecule is CC1(C)Cc2cc(-c3ccc(COC4CN5CCC4CC5)cc3)ccc2O1.Cl. The zero-order valence-corrected chi connectivity index (χ0v) is 17.6. The number of halogens is 1. The van der Waals surface area contributed by atoms with Gasteiger partial charge >= 0.3 is 0 Å². The molecule has 0 radical (unpaired) electrons. The van der Waals surface area contributed by atoms with Gasteiger partial charge in [-0.15, -0.1) is 12.4 Å². The van der Waals surface area contributed by atoms with Crippen molar-refractivity contribution in [2.75, 3.05) is 19.6 Å². The maximum Gasteiger partial charge on any atom is 0.123 e. The van der Waals surface area contributed by atoms with Crippen LogP contribution in [0.5, 0.6) is 5.75 Å². The van der Waals surface area contributed by atoms with Crippen LogP contribution in [-0.4, -0.2) is 36.2 Å². The lowest BCUT2D eigenvalue weighted by Crippen LogP contribution is -2.51. The molecule has 3 nitrogen and oxygen atoms in total. The molecule has 0 aliphatic carbocycles. The molecule has 1 atom stereocenters. The first-order valence-electron chi connectivity index (χ1n) is 10.3. The minimum atomic E-state index is -0.0860. The summed E-state index contributed by atoms with van der Waals surface area (Å²) in [5.74, 6) is 1.80. The summed E-state index contributed by atoms with van der Waals surface area (Å²) in [6.45, 7) is 8.68. The molecule has 2 bridgehead atoms. The summed E-state index contributed by atoms with van der Waals surface area (Å²) in [6.07, 6.45) is 4.01. The second-order valence-electron chi connectivity index (χ2n) is 9.05. The minimum absolute atomic E-state index is 0. The second kappa shape index (κ2) is 7.70. The van der Waals surface area contributed by atoms with Gasteiger partial charge in [-0.3, -0.25) is 0 Å². The van der Waals surface area contributed by atoms with Gasteiger partial charge in [-0.2, -0.15) is 0 Å². The molecule has 3 saturated heterocycles. The molecule has 2 aromatic carbocycles. The molecule has 2 aromatic rings. The molecule has 4 aliphatic rings. The Balaban J connectivity index is 0.00000192. The Morgan fingerprint density at radius 2 is 1.75 bits per heavy atom. The molecular formula is C24H30ClNO2. The van der Waals surface area contributed by atoms with Crippen molar-refractivity contribution in [3.8, 4) is 16.9 Å². The predicted octanol–water partition coefficient (Wildman–Crippen LogP) is 5.10. The van der Waals surface area contributed by atoms with Crippen molar-refractivity contribution in [3.63, 3.8) is 0 Å². The average Bonchev–Trinajstić information content (AvgIpc) is 3.00. The van der Waals surface area contributed by atoms with Crippen molar-refractivity contribution in [3.05, 3.63) is 53.6 Å². The third kappa shape index (κ3) is 3.94. The number of piperidine rings is 3. The first kappa shape index (κ1) is 19.8. The maximum absolute atomic E-state index is 6.27.